The van der Waals surface area contributed by atoms with Gasteiger partial charge in [-0.15, -0.1) is 0 Å². The topological polar surface area (TPSA) is 77.3 Å². The van der Waals surface area contributed by atoms with E-state index in [9.17, 15) is 4.79 Å². The molecule has 2 aromatic carbocycles. The van der Waals surface area contributed by atoms with Crippen LogP contribution in [0.4, 0.5) is 11.5 Å². The molecule has 2 heterocycles. The van der Waals surface area contributed by atoms with Crippen LogP contribution >= 0.6 is 0 Å². The molecule has 8 heteroatoms. The van der Waals surface area contributed by atoms with Gasteiger partial charge in [-0.05, 0) is 55.3 Å². The van der Waals surface area contributed by atoms with Crippen molar-refractivity contribution in [2.75, 3.05) is 38.1 Å². The molecule has 8 nitrogen and oxygen atoms in total. The van der Waals surface area contributed by atoms with Crippen molar-refractivity contribution in [2.45, 2.75) is 26.8 Å². The lowest BCUT2D eigenvalue weighted by Gasteiger charge is -2.24. The molecule has 0 aliphatic rings. The van der Waals surface area contributed by atoms with Gasteiger partial charge in [-0.25, -0.2) is 4.98 Å². The first-order valence-corrected chi connectivity index (χ1v) is 11.9. The molecule has 0 atom stereocenters. The third-order valence-corrected chi connectivity index (χ3v) is 6.09. The van der Waals surface area contributed by atoms with E-state index in [0.717, 1.165) is 35.7 Å². The van der Waals surface area contributed by atoms with Crippen LogP contribution in [0.2, 0.25) is 0 Å². The summed E-state index contributed by atoms with van der Waals surface area (Å²) in [6.07, 6.45) is 2.62. The molecule has 1 amide bonds. The molecule has 4 aromatic rings. The minimum Gasteiger partial charge on any atom is -0.497 e. The fourth-order valence-corrected chi connectivity index (χ4v) is 4.23. The second kappa shape index (κ2) is 11.0. The van der Waals surface area contributed by atoms with Gasteiger partial charge in [-0.1, -0.05) is 19.1 Å². The summed E-state index contributed by atoms with van der Waals surface area (Å²) in [7, 11) is 4.86. The summed E-state index contributed by atoms with van der Waals surface area (Å²) in [5, 5.41) is 2.95. The molecule has 0 radical (unpaired) electrons. The number of imidazole rings is 1. The Morgan fingerprint density at radius 1 is 0.972 bits per heavy atom. The molecule has 0 spiro atoms. The highest BCUT2D eigenvalue weighted by Gasteiger charge is 2.19. The molecule has 1 N–H and O–H groups in total. The molecule has 188 valence electrons. The summed E-state index contributed by atoms with van der Waals surface area (Å²) in [5.74, 6) is 2.84. The summed E-state index contributed by atoms with van der Waals surface area (Å²) >= 11 is 0. The van der Waals surface area contributed by atoms with Gasteiger partial charge in [0.05, 0.1) is 32.6 Å². The van der Waals surface area contributed by atoms with E-state index in [0.29, 0.717) is 35.0 Å². The van der Waals surface area contributed by atoms with E-state index < -0.39 is 0 Å². The first kappa shape index (κ1) is 24.9. The number of ether oxygens (including phenoxy) is 3. The number of carbonyl (C=O) groups excluding carboxylic acids is 1. The van der Waals surface area contributed by atoms with Crippen LogP contribution in [0.15, 0.2) is 60.8 Å². The summed E-state index contributed by atoms with van der Waals surface area (Å²) in [5.41, 5.74) is 4.06. The number of hydrogen-bond donors (Lipinski definition) is 1. The second-order valence-electron chi connectivity index (χ2n) is 8.27. The summed E-state index contributed by atoms with van der Waals surface area (Å²) < 4.78 is 18.1. The van der Waals surface area contributed by atoms with Crippen molar-refractivity contribution in [3.05, 3.63) is 77.6 Å². The Kier molecular flexibility index (Phi) is 7.63. The number of anilines is 2. The third-order valence-electron chi connectivity index (χ3n) is 6.09. The highest BCUT2D eigenvalue weighted by atomic mass is 16.5. The number of pyridine rings is 1. The summed E-state index contributed by atoms with van der Waals surface area (Å²) in [6.45, 7) is 5.61. The van der Waals surface area contributed by atoms with Crippen LogP contribution in [0.5, 0.6) is 17.2 Å². The van der Waals surface area contributed by atoms with Crippen LogP contribution in [-0.2, 0) is 13.0 Å². The number of aryl methyl sites for hydroxylation is 1. The van der Waals surface area contributed by atoms with Gasteiger partial charge in [0.1, 0.15) is 17.2 Å². The summed E-state index contributed by atoms with van der Waals surface area (Å²) in [6, 6.07) is 16.9. The third kappa shape index (κ3) is 5.07. The Balaban J connectivity index is 1.68. The van der Waals surface area contributed by atoms with E-state index in [4.69, 9.17) is 19.2 Å². The van der Waals surface area contributed by atoms with Gasteiger partial charge in [0.25, 0.3) is 5.91 Å². The van der Waals surface area contributed by atoms with Crippen molar-refractivity contribution in [1.82, 2.24) is 9.38 Å². The molecule has 0 aliphatic heterocycles. The standard InChI is InChI=1S/C28H32N4O4/c1-6-23-28(31(7-2)17-19-11-13-24(35-4)25(15-19)36-5)32-18-20(12-14-26(32)30-23)27(33)29-21-9-8-10-22(16-21)34-3/h8-16,18H,6-7,17H2,1-5H3,(H,29,33). The molecular weight excluding hydrogens is 456 g/mol. The Morgan fingerprint density at radius 2 is 1.78 bits per heavy atom. The Morgan fingerprint density at radius 3 is 2.47 bits per heavy atom. The van der Waals surface area contributed by atoms with Crippen molar-refractivity contribution >= 4 is 23.1 Å². The molecule has 0 saturated carbocycles. The Bertz CT molecular complexity index is 1370. The van der Waals surface area contributed by atoms with Gasteiger partial charge in [0.2, 0.25) is 0 Å². The Labute approximate surface area is 211 Å². The van der Waals surface area contributed by atoms with Crippen LogP contribution in [0.3, 0.4) is 0 Å². The lowest BCUT2D eigenvalue weighted by atomic mass is 10.1. The van der Waals surface area contributed by atoms with E-state index in [1.165, 1.54) is 0 Å². The molecule has 36 heavy (non-hydrogen) atoms. The van der Waals surface area contributed by atoms with E-state index in [1.54, 1.807) is 33.5 Å². The number of rotatable bonds is 10. The first-order valence-electron chi connectivity index (χ1n) is 11.9. The minimum atomic E-state index is -0.203. The van der Waals surface area contributed by atoms with Crippen molar-refractivity contribution in [1.29, 1.82) is 0 Å². The maximum Gasteiger partial charge on any atom is 0.257 e. The fraction of sp³-hybridized carbons (Fsp3) is 0.286. The summed E-state index contributed by atoms with van der Waals surface area (Å²) in [4.78, 5) is 20.2. The van der Waals surface area contributed by atoms with E-state index in [2.05, 4.69) is 24.1 Å². The van der Waals surface area contributed by atoms with Gasteiger partial charge in [-0.3, -0.25) is 9.20 Å². The first-order chi connectivity index (χ1) is 17.5. The van der Waals surface area contributed by atoms with Crippen molar-refractivity contribution in [3.63, 3.8) is 0 Å². The van der Waals surface area contributed by atoms with Gasteiger partial charge >= 0.3 is 0 Å². The number of amides is 1. The van der Waals surface area contributed by atoms with Gasteiger partial charge in [0, 0.05) is 31.0 Å². The molecule has 0 aliphatic carbocycles. The number of fused-ring (bicyclic) bond motifs is 1. The average molecular weight is 489 g/mol. The molecule has 0 saturated heterocycles. The Hall–Kier alpha value is -4.20. The maximum absolute atomic E-state index is 13.1. The number of hydrogen-bond acceptors (Lipinski definition) is 6. The largest absolute Gasteiger partial charge is 0.497 e. The van der Waals surface area contributed by atoms with Gasteiger partial charge in [0.15, 0.2) is 11.5 Å². The van der Waals surface area contributed by atoms with Crippen molar-refractivity contribution in [3.8, 4) is 17.2 Å². The zero-order chi connectivity index (χ0) is 25.7. The van der Waals surface area contributed by atoms with Crippen LogP contribution in [0.25, 0.3) is 5.65 Å². The van der Waals surface area contributed by atoms with Crippen LogP contribution in [0.1, 0.15) is 35.5 Å². The normalized spacial score (nSPS) is 10.8. The predicted octanol–water partition coefficient (Wildman–Crippen LogP) is 5.20. The number of carbonyl (C=O) groups is 1. The second-order valence-corrected chi connectivity index (χ2v) is 8.27. The zero-order valence-electron chi connectivity index (χ0n) is 21.4. The average Bonchev–Trinajstić information content (AvgIpc) is 3.29. The molecular formula is C28H32N4O4. The van der Waals surface area contributed by atoms with E-state index >= 15 is 0 Å². The van der Waals surface area contributed by atoms with Crippen LogP contribution < -0.4 is 24.4 Å². The number of aromatic nitrogens is 2. The molecule has 0 unspecified atom stereocenters. The number of benzene rings is 2. The zero-order valence-corrected chi connectivity index (χ0v) is 21.4. The lowest BCUT2D eigenvalue weighted by molar-refractivity contribution is 0.102. The molecule has 4 rings (SSSR count). The predicted molar refractivity (Wildman–Crippen MR) is 142 cm³/mol. The number of nitrogens with zero attached hydrogens (tertiary/aromatic N) is 3. The number of methoxy groups -OCH3 is 3. The quantitative estimate of drug-likeness (QED) is 0.331. The maximum atomic E-state index is 13.1. The molecule has 2 aromatic heterocycles. The van der Waals surface area contributed by atoms with E-state index in [-0.39, 0.29) is 5.91 Å². The monoisotopic (exact) mass is 488 g/mol. The smallest absolute Gasteiger partial charge is 0.257 e. The minimum absolute atomic E-state index is 0.203. The van der Waals surface area contributed by atoms with E-state index in [1.807, 2.05) is 53.1 Å². The number of nitrogens with one attached hydrogen (secondary N) is 1. The highest BCUT2D eigenvalue weighted by molar-refractivity contribution is 6.04. The highest BCUT2D eigenvalue weighted by Crippen LogP contribution is 2.30. The SMILES string of the molecule is CCc1nc2ccc(C(=O)Nc3cccc(OC)c3)cn2c1N(CC)Cc1ccc(OC)c(OC)c1. The van der Waals surface area contributed by atoms with Crippen LogP contribution in [0, 0.1) is 0 Å². The van der Waals surface area contributed by atoms with Crippen molar-refractivity contribution < 1.29 is 19.0 Å². The lowest BCUT2D eigenvalue weighted by Crippen LogP contribution is -2.25. The molecule has 0 fully saturated rings. The van der Waals surface area contributed by atoms with Crippen LogP contribution in [-0.4, -0.2) is 43.2 Å². The van der Waals surface area contributed by atoms with Gasteiger partial charge in [-0.2, -0.15) is 0 Å². The fourth-order valence-electron chi connectivity index (χ4n) is 4.23. The van der Waals surface area contributed by atoms with Crippen molar-refractivity contribution in [2.24, 2.45) is 0 Å². The molecule has 0 bridgehead atoms. The van der Waals surface area contributed by atoms with Gasteiger partial charge < -0.3 is 24.4 Å².